The summed E-state index contributed by atoms with van der Waals surface area (Å²) in [6.45, 7) is 0.532. The van der Waals surface area contributed by atoms with Gasteiger partial charge in [-0.3, -0.25) is 9.59 Å². The van der Waals surface area contributed by atoms with Gasteiger partial charge in [-0.15, -0.1) is 10.2 Å². The number of methoxy groups -OCH3 is 3. The summed E-state index contributed by atoms with van der Waals surface area (Å²) in [6, 6.07) is 8.49. The van der Waals surface area contributed by atoms with Crippen molar-refractivity contribution in [3.63, 3.8) is 0 Å². The van der Waals surface area contributed by atoms with Gasteiger partial charge in [0.15, 0.2) is 11.5 Å². The second-order valence-electron chi connectivity index (χ2n) is 7.48. The molecule has 0 saturated carbocycles. The fourth-order valence-electron chi connectivity index (χ4n) is 3.85. The average molecular weight is 487 g/mol. The van der Waals surface area contributed by atoms with E-state index in [9.17, 15) is 14.0 Å². The molecule has 11 heteroatoms. The molecule has 0 spiro atoms. The first kappa shape index (κ1) is 23.4. The molecule has 2 aromatic carbocycles. The highest BCUT2D eigenvalue weighted by molar-refractivity contribution is 7.13. The maximum atomic E-state index is 13.4. The monoisotopic (exact) mass is 486 g/mol. The second kappa shape index (κ2) is 10.0. The number of likely N-dealkylation sites (tertiary alicyclic amines) is 1. The van der Waals surface area contributed by atoms with Crippen LogP contribution in [0, 0.1) is 5.82 Å². The number of carbonyl (C=O) groups is 2. The van der Waals surface area contributed by atoms with Crippen LogP contribution in [0.2, 0.25) is 0 Å². The molecule has 0 aliphatic carbocycles. The number of aromatic nitrogens is 2. The summed E-state index contributed by atoms with van der Waals surface area (Å²) >= 11 is 1.11. The third-order valence-corrected chi connectivity index (χ3v) is 6.45. The van der Waals surface area contributed by atoms with E-state index in [2.05, 4.69) is 15.5 Å². The lowest BCUT2D eigenvalue weighted by atomic mass is 10.1. The summed E-state index contributed by atoms with van der Waals surface area (Å²) < 4.78 is 29.5. The van der Waals surface area contributed by atoms with Crippen LogP contribution in [0.4, 0.5) is 10.1 Å². The van der Waals surface area contributed by atoms with E-state index < -0.39 is 11.7 Å². The Labute approximate surface area is 199 Å². The number of ether oxygens (including phenoxy) is 3. The zero-order valence-electron chi connectivity index (χ0n) is 18.8. The summed E-state index contributed by atoms with van der Waals surface area (Å²) in [5.41, 5.74) is 0.705. The van der Waals surface area contributed by atoms with E-state index in [1.165, 1.54) is 39.5 Å². The van der Waals surface area contributed by atoms with E-state index in [-0.39, 0.29) is 17.0 Å². The van der Waals surface area contributed by atoms with E-state index in [0.29, 0.717) is 46.5 Å². The molecule has 1 aromatic heterocycles. The van der Waals surface area contributed by atoms with Gasteiger partial charge in [-0.1, -0.05) is 17.4 Å². The number of rotatable bonds is 7. The molecule has 0 unspecified atom stereocenters. The molecule has 9 nitrogen and oxygen atoms in total. The fourth-order valence-corrected chi connectivity index (χ4v) is 4.73. The van der Waals surface area contributed by atoms with Gasteiger partial charge in [-0.25, -0.2) is 4.39 Å². The van der Waals surface area contributed by atoms with Crippen LogP contribution in [0.25, 0.3) is 0 Å². The van der Waals surface area contributed by atoms with Crippen molar-refractivity contribution in [2.45, 2.75) is 18.9 Å². The maximum Gasteiger partial charge on any atom is 0.286 e. The zero-order chi connectivity index (χ0) is 24.2. The summed E-state index contributed by atoms with van der Waals surface area (Å²) in [5.74, 6) is -0.000782. The average Bonchev–Trinajstić information content (AvgIpc) is 3.52. The van der Waals surface area contributed by atoms with E-state index in [1.807, 2.05) is 0 Å². The molecular formula is C23H23FN4O5S. The van der Waals surface area contributed by atoms with E-state index >= 15 is 0 Å². The molecule has 3 aromatic rings. The minimum atomic E-state index is -0.491. The molecule has 4 rings (SSSR count). The third-order valence-electron chi connectivity index (χ3n) is 5.43. The molecule has 1 aliphatic heterocycles. The summed E-state index contributed by atoms with van der Waals surface area (Å²) in [7, 11) is 4.47. The van der Waals surface area contributed by atoms with Gasteiger partial charge >= 0.3 is 0 Å². The van der Waals surface area contributed by atoms with Crippen molar-refractivity contribution in [3.05, 3.63) is 57.8 Å². The summed E-state index contributed by atoms with van der Waals surface area (Å²) in [4.78, 5) is 27.6. The van der Waals surface area contributed by atoms with Crippen molar-refractivity contribution >= 4 is 28.8 Å². The van der Waals surface area contributed by atoms with Crippen LogP contribution in [0.15, 0.2) is 36.4 Å². The smallest absolute Gasteiger partial charge is 0.286 e. The number of hydrogen-bond donors (Lipinski definition) is 1. The highest BCUT2D eigenvalue weighted by atomic mass is 32.1. The second-order valence-corrected chi connectivity index (χ2v) is 8.49. The molecule has 1 fully saturated rings. The van der Waals surface area contributed by atoms with Gasteiger partial charge in [0, 0.05) is 17.8 Å². The number of halogens is 1. The Morgan fingerprint density at radius 1 is 1.09 bits per heavy atom. The largest absolute Gasteiger partial charge is 0.493 e. The Morgan fingerprint density at radius 3 is 2.47 bits per heavy atom. The molecule has 2 heterocycles. The van der Waals surface area contributed by atoms with Crippen LogP contribution in [0.5, 0.6) is 17.2 Å². The quantitative estimate of drug-likeness (QED) is 0.540. The highest BCUT2D eigenvalue weighted by Gasteiger charge is 2.34. The normalized spacial score (nSPS) is 15.2. The first-order valence-electron chi connectivity index (χ1n) is 10.5. The van der Waals surface area contributed by atoms with Gasteiger partial charge in [0.05, 0.1) is 27.4 Å². The predicted molar refractivity (Wildman–Crippen MR) is 123 cm³/mol. The highest BCUT2D eigenvalue weighted by Crippen LogP contribution is 2.40. The van der Waals surface area contributed by atoms with Gasteiger partial charge in [0.25, 0.3) is 11.8 Å². The van der Waals surface area contributed by atoms with Crippen LogP contribution >= 0.6 is 11.3 Å². The Bertz CT molecular complexity index is 1190. The van der Waals surface area contributed by atoms with Gasteiger partial charge in [-0.2, -0.15) is 0 Å². The Balaban J connectivity index is 1.55. The number of carbonyl (C=O) groups excluding carboxylic acids is 2. The van der Waals surface area contributed by atoms with Crippen LogP contribution in [0.3, 0.4) is 0 Å². The summed E-state index contributed by atoms with van der Waals surface area (Å²) in [6.07, 6.45) is 1.47. The maximum absolute atomic E-state index is 13.4. The van der Waals surface area contributed by atoms with E-state index in [4.69, 9.17) is 14.2 Å². The van der Waals surface area contributed by atoms with Crippen molar-refractivity contribution < 1.29 is 28.2 Å². The van der Waals surface area contributed by atoms with Crippen LogP contribution in [0.1, 0.15) is 44.1 Å². The minimum Gasteiger partial charge on any atom is -0.493 e. The Morgan fingerprint density at radius 2 is 1.82 bits per heavy atom. The van der Waals surface area contributed by atoms with Gasteiger partial charge in [0.1, 0.15) is 10.8 Å². The van der Waals surface area contributed by atoms with Crippen LogP contribution in [-0.4, -0.2) is 54.8 Å². The minimum absolute atomic E-state index is 0.131. The van der Waals surface area contributed by atoms with E-state index in [0.717, 1.165) is 17.8 Å². The van der Waals surface area contributed by atoms with Crippen molar-refractivity contribution in [2.24, 2.45) is 0 Å². The lowest BCUT2D eigenvalue weighted by molar-refractivity contribution is 0.0734. The number of anilines is 1. The predicted octanol–water partition coefficient (Wildman–Crippen LogP) is 3.93. The van der Waals surface area contributed by atoms with Crippen molar-refractivity contribution in [1.82, 2.24) is 15.1 Å². The number of nitrogens with one attached hydrogen (secondary N) is 1. The zero-order valence-corrected chi connectivity index (χ0v) is 19.6. The lowest BCUT2D eigenvalue weighted by Gasteiger charge is -2.23. The molecule has 2 amide bonds. The van der Waals surface area contributed by atoms with Crippen LogP contribution < -0.4 is 19.5 Å². The summed E-state index contributed by atoms with van der Waals surface area (Å²) in [5, 5.41) is 11.5. The van der Waals surface area contributed by atoms with Crippen molar-refractivity contribution in [1.29, 1.82) is 0 Å². The lowest BCUT2D eigenvalue weighted by Crippen LogP contribution is -2.30. The van der Waals surface area contributed by atoms with Gasteiger partial charge in [0.2, 0.25) is 10.8 Å². The molecule has 1 saturated heterocycles. The molecular weight excluding hydrogens is 463 g/mol. The Kier molecular flexibility index (Phi) is 6.92. The van der Waals surface area contributed by atoms with Crippen LogP contribution in [-0.2, 0) is 0 Å². The molecule has 0 radical (unpaired) electrons. The molecule has 1 N–H and O–H groups in total. The molecule has 1 aliphatic rings. The van der Waals surface area contributed by atoms with Crippen molar-refractivity contribution in [2.75, 3.05) is 33.2 Å². The molecule has 34 heavy (non-hydrogen) atoms. The number of nitrogens with zero attached hydrogens (tertiary/aromatic N) is 3. The van der Waals surface area contributed by atoms with Gasteiger partial charge in [-0.05, 0) is 43.2 Å². The molecule has 1 atom stereocenters. The number of benzene rings is 2. The number of amides is 2. The first-order chi connectivity index (χ1) is 16.4. The standard InChI is InChI=1S/C23H23FN4O5S/c1-31-17-10-13(11-18(32-2)19(17)33-3)23(30)28-9-5-8-16(28)21-26-27-22(34-21)20(29)25-15-7-4-6-14(24)12-15/h4,6-7,10-12,16H,5,8-9H2,1-3H3,(H,25,29)/t16-/m1/s1. The van der Waals surface area contributed by atoms with Crippen molar-refractivity contribution in [3.8, 4) is 17.2 Å². The molecule has 0 bridgehead atoms. The third kappa shape index (κ3) is 4.65. The first-order valence-corrected chi connectivity index (χ1v) is 11.3. The number of hydrogen-bond acceptors (Lipinski definition) is 8. The topological polar surface area (TPSA) is 103 Å². The van der Waals surface area contributed by atoms with Gasteiger partial charge < -0.3 is 24.4 Å². The fraction of sp³-hybridized carbons (Fsp3) is 0.304. The SMILES string of the molecule is COc1cc(C(=O)N2CCC[C@@H]2c2nnc(C(=O)Nc3cccc(F)c3)s2)cc(OC)c1OC. The van der Waals surface area contributed by atoms with E-state index in [1.54, 1.807) is 23.1 Å². The Hall–Kier alpha value is -3.73. The molecule has 178 valence electrons.